The molecule has 0 aliphatic carbocycles. The topological polar surface area (TPSA) is 63.2 Å². The average Bonchev–Trinajstić information content (AvgIpc) is 2.40. The number of esters is 1. The lowest BCUT2D eigenvalue weighted by molar-refractivity contribution is -0.137. The molecule has 0 radical (unpaired) electrons. The molecule has 8 heteroatoms. The number of carbonyl (C=O) groups is 1. The van der Waals surface area contributed by atoms with E-state index in [9.17, 15) is 4.79 Å². The fourth-order valence-electron chi connectivity index (χ4n) is 1.25. The highest BCUT2D eigenvalue weighted by molar-refractivity contribution is 6.60. The summed E-state index contributed by atoms with van der Waals surface area (Å²) in [6, 6.07) is 0.855. The second kappa shape index (κ2) is 10.3. The number of carbonyl (C=O) groups excluding carboxylic acids is 1. The first-order chi connectivity index (χ1) is 8.99. The van der Waals surface area contributed by atoms with Gasteiger partial charge < -0.3 is 22.1 Å². The Hall–Kier alpha value is -0.516. The first-order valence-electron chi connectivity index (χ1n) is 6.21. The van der Waals surface area contributed by atoms with Crippen LogP contribution in [0.2, 0.25) is 6.04 Å². The molecule has 0 atom stereocenters. The Morgan fingerprint density at radius 1 is 1.37 bits per heavy atom. The van der Waals surface area contributed by atoms with Crippen LogP contribution in [0.1, 0.15) is 20.3 Å². The minimum Gasteiger partial charge on any atom is -0.463 e. The Kier molecular flexibility index (Phi) is 10.0. The van der Waals surface area contributed by atoms with Gasteiger partial charge in [-0.05, 0) is 26.3 Å². The van der Waals surface area contributed by atoms with Gasteiger partial charge in [-0.3, -0.25) is 0 Å². The molecule has 0 aromatic rings. The van der Waals surface area contributed by atoms with Gasteiger partial charge in [0.2, 0.25) is 0 Å². The summed E-state index contributed by atoms with van der Waals surface area (Å²) >= 11 is 0. The van der Waals surface area contributed by atoms with E-state index in [-0.39, 0.29) is 6.10 Å². The zero-order valence-corrected chi connectivity index (χ0v) is 14.6. The minimum atomic E-state index is -2.96. The van der Waals surface area contributed by atoms with Crippen LogP contribution in [0, 0.1) is 0 Å². The maximum absolute atomic E-state index is 10.8. The summed E-state index contributed by atoms with van der Waals surface area (Å²) in [5.41, 5.74) is 0. The molecule has 0 fully saturated rings. The Bertz CT molecular complexity index is 268. The molecule has 112 valence electrons. The zero-order chi connectivity index (χ0) is 14.7. The standard InChI is InChI=1S/C11H24O6Si2/c1-6-11(12)15-8-7-9-18-17-19(13-4,14-5)16-10(2)3/h6,10H,1,7-9,18H2,2-5H3. The van der Waals surface area contributed by atoms with Crippen LogP contribution in [0.15, 0.2) is 12.7 Å². The lowest BCUT2D eigenvalue weighted by Gasteiger charge is -2.27. The van der Waals surface area contributed by atoms with Crippen LogP contribution in [-0.2, 0) is 26.9 Å². The highest BCUT2D eigenvalue weighted by Crippen LogP contribution is 2.12. The van der Waals surface area contributed by atoms with Crippen LogP contribution in [0.3, 0.4) is 0 Å². The largest absolute Gasteiger partial charge is 0.668 e. The Labute approximate surface area is 118 Å². The lowest BCUT2D eigenvalue weighted by Crippen LogP contribution is -2.49. The first-order valence-corrected chi connectivity index (χ1v) is 9.42. The summed E-state index contributed by atoms with van der Waals surface area (Å²) in [7, 11) is -0.745. The average molecular weight is 308 g/mol. The molecule has 0 bridgehead atoms. The zero-order valence-electron chi connectivity index (χ0n) is 12.1. The van der Waals surface area contributed by atoms with Crippen molar-refractivity contribution in [3.05, 3.63) is 12.7 Å². The third kappa shape index (κ3) is 8.29. The molecular weight excluding hydrogens is 284 g/mol. The van der Waals surface area contributed by atoms with E-state index >= 15 is 0 Å². The Morgan fingerprint density at radius 2 is 2.00 bits per heavy atom. The van der Waals surface area contributed by atoms with E-state index < -0.39 is 24.8 Å². The van der Waals surface area contributed by atoms with Gasteiger partial charge in [0.15, 0.2) is 9.76 Å². The number of rotatable bonds is 11. The molecule has 0 aliphatic heterocycles. The van der Waals surface area contributed by atoms with Crippen LogP contribution >= 0.6 is 0 Å². The molecule has 0 saturated carbocycles. The fraction of sp³-hybridized carbons (Fsp3) is 0.727. The van der Waals surface area contributed by atoms with Gasteiger partial charge in [0.25, 0.3) is 0 Å². The molecule has 0 aromatic heterocycles. The third-order valence-corrected chi connectivity index (χ3v) is 6.89. The van der Waals surface area contributed by atoms with Crippen molar-refractivity contribution in [2.75, 3.05) is 20.8 Å². The van der Waals surface area contributed by atoms with Crippen LogP contribution in [0.4, 0.5) is 0 Å². The predicted octanol–water partition coefficient (Wildman–Crippen LogP) is 0.778. The molecular formula is C11H24O6Si2. The molecule has 0 spiro atoms. The van der Waals surface area contributed by atoms with Gasteiger partial charge in [-0.15, -0.1) is 0 Å². The quantitative estimate of drug-likeness (QED) is 0.243. The summed E-state index contributed by atoms with van der Waals surface area (Å²) in [5, 5.41) is 0. The number of ether oxygens (including phenoxy) is 1. The van der Waals surface area contributed by atoms with Crippen molar-refractivity contribution in [1.29, 1.82) is 0 Å². The summed E-state index contributed by atoms with van der Waals surface area (Å²) in [6.07, 6.45) is 1.89. The monoisotopic (exact) mass is 308 g/mol. The van der Waals surface area contributed by atoms with Crippen molar-refractivity contribution in [3.63, 3.8) is 0 Å². The van der Waals surface area contributed by atoms with E-state index in [1.54, 1.807) is 0 Å². The minimum absolute atomic E-state index is 0.0193. The summed E-state index contributed by atoms with van der Waals surface area (Å²) in [6.45, 7) is 7.50. The molecule has 0 rings (SSSR count). The summed E-state index contributed by atoms with van der Waals surface area (Å²) < 4.78 is 26.7. The molecule has 0 N–H and O–H groups in total. The molecule has 0 aliphatic rings. The first kappa shape index (κ1) is 18.5. The molecule has 6 nitrogen and oxygen atoms in total. The molecule has 0 unspecified atom stereocenters. The number of hydrogen-bond donors (Lipinski definition) is 0. The van der Waals surface area contributed by atoms with Crippen molar-refractivity contribution in [2.45, 2.75) is 32.4 Å². The highest BCUT2D eigenvalue weighted by atomic mass is 28.4. The van der Waals surface area contributed by atoms with Gasteiger partial charge in [-0.25, -0.2) is 4.79 Å². The van der Waals surface area contributed by atoms with Crippen LogP contribution < -0.4 is 0 Å². The van der Waals surface area contributed by atoms with Crippen LogP contribution in [-0.4, -0.2) is 51.7 Å². The van der Waals surface area contributed by atoms with Crippen LogP contribution in [0.25, 0.3) is 0 Å². The van der Waals surface area contributed by atoms with E-state index in [1.165, 1.54) is 14.2 Å². The van der Waals surface area contributed by atoms with Gasteiger partial charge >= 0.3 is 15.0 Å². The predicted molar refractivity (Wildman–Crippen MR) is 76.2 cm³/mol. The molecule has 0 heterocycles. The van der Waals surface area contributed by atoms with E-state index in [2.05, 4.69) is 6.58 Å². The SMILES string of the molecule is C=CC(=O)OCCC[SiH2]O[Si](OC)(OC)OC(C)C. The van der Waals surface area contributed by atoms with Gasteiger partial charge in [0, 0.05) is 26.4 Å². The second-order valence-electron chi connectivity index (χ2n) is 4.00. The Balaban J connectivity index is 3.87. The molecule has 19 heavy (non-hydrogen) atoms. The van der Waals surface area contributed by atoms with E-state index in [0.29, 0.717) is 6.61 Å². The Morgan fingerprint density at radius 3 is 2.47 bits per heavy atom. The molecule has 0 aromatic carbocycles. The van der Waals surface area contributed by atoms with Crippen molar-refractivity contribution in [1.82, 2.24) is 0 Å². The fourth-order valence-corrected chi connectivity index (χ4v) is 5.39. The van der Waals surface area contributed by atoms with E-state index in [0.717, 1.165) is 18.5 Å². The van der Waals surface area contributed by atoms with Crippen molar-refractivity contribution in [2.24, 2.45) is 0 Å². The highest BCUT2D eigenvalue weighted by Gasteiger charge is 2.43. The summed E-state index contributed by atoms with van der Waals surface area (Å²) in [4.78, 5) is 10.8. The third-order valence-electron chi connectivity index (χ3n) is 2.11. The van der Waals surface area contributed by atoms with E-state index in [4.69, 9.17) is 22.1 Å². The van der Waals surface area contributed by atoms with Gasteiger partial charge in [0.05, 0.1) is 6.61 Å². The lowest BCUT2D eigenvalue weighted by atomic mass is 10.5. The molecule has 0 amide bonds. The maximum Gasteiger partial charge on any atom is 0.668 e. The number of hydrogen-bond acceptors (Lipinski definition) is 6. The molecule has 0 saturated heterocycles. The van der Waals surface area contributed by atoms with Crippen LogP contribution in [0.5, 0.6) is 0 Å². The van der Waals surface area contributed by atoms with Crippen molar-refractivity contribution in [3.8, 4) is 0 Å². The van der Waals surface area contributed by atoms with Gasteiger partial charge in [0.1, 0.15) is 0 Å². The van der Waals surface area contributed by atoms with Gasteiger partial charge in [-0.2, -0.15) is 0 Å². The van der Waals surface area contributed by atoms with Gasteiger partial charge in [-0.1, -0.05) is 6.58 Å². The van der Waals surface area contributed by atoms with Crippen molar-refractivity contribution >= 4 is 24.8 Å². The van der Waals surface area contributed by atoms with E-state index in [1.807, 2.05) is 13.8 Å². The normalized spacial score (nSPS) is 12.3. The van der Waals surface area contributed by atoms with Crippen molar-refractivity contribution < 1.29 is 26.9 Å². The summed E-state index contributed by atoms with van der Waals surface area (Å²) in [5.74, 6) is -0.400. The smallest absolute Gasteiger partial charge is 0.463 e. The second-order valence-corrected chi connectivity index (χ2v) is 8.32. The maximum atomic E-state index is 10.8.